The number of thiophene rings is 1. The van der Waals surface area contributed by atoms with E-state index in [-0.39, 0.29) is 5.56 Å². The molecule has 0 aliphatic rings. The minimum atomic E-state index is -0.173. The van der Waals surface area contributed by atoms with Gasteiger partial charge in [-0.25, -0.2) is 4.98 Å². The Labute approximate surface area is 209 Å². The summed E-state index contributed by atoms with van der Waals surface area (Å²) in [7, 11) is 1.59. The zero-order valence-electron chi connectivity index (χ0n) is 18.6. The van der Waals surface area contributed by atoms with E-state index in [0.29, 0.717) is 38.6 Å². The van der Waals surface area contributed by atoms with Crippen LogP contribution in [0, 0.1) is 6.92 Å². The molecule has 0 bridgehead atoms. The summed E-state index contributed by atoms with van der Waals surface area (Å²) in [5.41, 5.74) is 3.86. The molecule has 0 saturated carbocycles. The maximum absolute atomic E-state index is 12.9. The van der Waals surface area contributed by atoms with E-state index >= 15 is 0 Å². The number of aromatic amines is 1. The Balaban J connectivity index is 1.50. The Morgan fingerprint density at radius 2 is 1.82 bits per heavy atom. The van der Waals surface area contributed by atoms with Crippen molar-refractivity contribution in [1.82, 2.24) is 9.97 Å². The first-order valence-corrected chi connectivity index (χ1v) is 12.3. The summed E-state index contributed by atoms with van der Waals surface area (Å²) in [5.74, 6) is 1.62. The largest absolute Gasteiger partial charge is 0.493 e. The summed E-state index contributed by atoms with van der Waals surface area (Å²) in [6, 6.07) is 23.8. The van der Waals surface area contributed by atoms with Gasteiger partial charge >= 0.3 is 0 Å². The first-order valence-electron chi connectivity index (χ1n) is 10.7. The number of aromatic nitrogens is 2. The van der Waals surface area contributed by atoms with Crippen molar-refractivity contribution in [2.24, 2.45) is 0 Å². The van der Waals surface area contributed by atoms with Gasteiger partial charge in [0.15, 0.2) is 11.5 Å². The molecule has 2 heterocycles. The zero-order chi connectivity index (χ0) is 23.7. The van der Waals surface area contributed by atoms with Crippen LogP contribution in [0.1, 0.15) is 11.1 Å². The van der Waals surface area contributed by atoms with Crippen LogP contribution >= 0.6 is 27.3 Å². The van der Waals surface area contributed by atoms with Crippen molar-refractivity contribution in [1.29, 1.82) is 0 Å². The number of nitrogens with zero attached hydrogens (tertiary/aromatic N) is 1. The second-order valence-electron chi connectivity index (χ2n) is 7.88. The van der Waals surface area contributed by atoms with E-state index in [9.17, 15) is 4.79 Å². The van der Waals surface area contributed by atoms with Gasteiger partial charge in [0.05, 0.1) is 17.0 Å². The molecule has 0 aliphatic carbocycles. The van der Waals surface area contributed by atoms with E-state index in [1.807, 2.05) is 60.7 Å². The number of rotatable bonds is 6. The number of methoxy groups -OCH3 is 1. The van der Waals surface area contributed by atoms with Crippen molar-refractivity contribution < 1.29 is 9.47 Å². The Bertz CT molecular complexity index is 1540. The number of nitrogens with one attached hydrogen (secondary N) is 1. The molecule has 0 saturated heterocycles. The third-order valence-corrected chi connectivity index (χ3v) is 7.10. The van der Waals surface area contributed by atoms with Crippen molar-refractivity contribution in [2.45, 2.75) is 13.5 Å². The van der Waals surface area contributed by atoms with Crippen LogP contribution in [-0.4, -0.2) is 17.1 Å². The minimum Gasteiger partial charge on any atom is -0.493 e. The average Bonchev–Trinajstić information content (AvgIpc) is 3.28. The molecule has 5 aromatic rings. The number of benzene rings is 3. The van der Waals surface area contributed by atoms with E-state index < -0.39 is 0 Å². The van der Waals surface area contributed by atoms with E-state index in [2.05, 4.69) is 40.0 Å². The molecular weight excluding hydrogens is 512 g/mol. The Morgan fingerprint density at radius 3 is 2.59 bits per heavy atom. The van der Waals surface area contributed by atoms with E-state index in [0.717, 1.165) is 21.6 Å². The topological polar surface area (TPSA) is 64.2 Å². The molecule has 2 aromatic heterocycles. The van der Waals surface area contributed by atoms with Gasteiger partial charge in [-0.1, -0.05) is 60.2 Å². The van der Waals surface area contributed by atoms with Gasteiger partial charge in [0.25, 0.3) is 5.56 Å². The Kier molecular flexibility index (Phi) is 6.22. The van der Waals surface area contributed by atoms with Gasteiger partial charge in [0.2, 0.25) is 0 Å². The third kappa shape index (κ3) is 4.49. The van der Waals surface area contributed by atoms with E-state index in [1.165, 1.54) is 16.9 Å². The van der Waals surface area contributed by atoms with Crippen LogP contribution in [0.25, 0.3) is 32.0 Å². The first kappa shape index (κ1) is 22.4. The summed E-state index contributed by atoms with van der Waals surface area (Å²) in [5, 5.41) is 0.580. The standard InChI is InChI=1S/C27H21BrN2O3S/c1-16-7-6-8-17(11-16)15-33-24-21(28)12-19(13-22(24)32-2)25-29-26(31)20-14-23(34-27(20)30-25)18-9-4-3-5-10-18/h3-14H,15H2,1-2H3,(H,29,30,31). The number of halogens is 1. The van der Waals surface area contributed by atoms with Crippen LogP contribution in [0.3, 0.4) is 0 Å². The van der Waals surface area contributed by atoms with Gasteiger partial charge < -0.3 is 14.5 Å². The van der Waals surface area contributed by atoms with Crippen molar-refractivity contribution in [3.05, 3.63) is 98.7 Å². The van der Waals surface area contributed by atoms with Crippen LogP contribution < -0.4 is 15.0 Å². The summed E-state index contributed by atoms with van der Waals surface area (Å²) in [6.45, 7) is 2.46. The predicted octanol–water partition coefficient (Wildman–Crippen LogP) is 6.98. The molecule has 0 fully saturated rings. The summed E-state index contributed by atoms with van der Waals surface area (Å²) < 4.78 is 12.4. The van der Waals surface area contributed by atoms with Crippen molar-refractivity contribution in [3.8, 4) is 33.3 Å². The summed E-state index contributed by atoms with van der Waals surface area (Å²) in [4.78, 5) is 22.2. The molecule has 0 atom stereocenters. The zero-order valence-corrected chi connectivity index (χ0v) is 21.0. The van der Waals surface area contributed by atoms with Gasteiger partial charge in [-0.05, 0) is 52.2 Å². The molecule has 5 rings (SSSR count). The molecule has 0 radical (unpaired) electrons. The molecule has 0 aliphatic heterocycles. The molecular formula is C27H21BrN2O3S. The van der Waals surface area contributed by atoms with E-state index in [1.54, 1.807) is 7.11 Å². The number of hydrogen-bond donors (Lipinski definition) is 1. The molecule has 34 heavy (non-hydrogen) atoms. The normalized spacial score (nSPS) is 11.0. The molecule has 5 nitrogen and oxygen atoms in total. The van der Waals surface area contributed by atoms with Crippen molar-refractivity contribution in [2.75, 3.05) is 7.11 Å². The third-order valence-electron chi connectivity index (χ3n) is 5.43. The monoisotopic (exact) mass is 532 g/mol. The lowest BCUT2D eigenvalue weighted by atomic mass is 10.1. The highest BCUT2D eigenvalue weighted by atomic mass is 79.9. The van der Waals surface area contributed by atoms with Gasteiger partial charge in [0.1, 0.15) is 17.3 Å². The van der Waals surface area contributed by atoms with Gasteiger partial charge in [0, 0.05) is 10.4 Å². The van der Waals surface area contributed by atoms with Crippen LogP contribution in [-0.2, 0) is 6.61 Å². The van der Waals surface area contributed by atoms with Gasteiger partial charge in [-0.2, -0.15) is 0 Å². The molecule has 0 unspecified atom stereocenters. The van der Waals surface area contributed by atoms with Crippen LogP contribution in [0.5, 0.6) is 11.5 Å². The number of H-pyrrole nitrogens is 1. The number of hydrogen-bond acceptors (Lipinski definition) is 5. The number of fused-ring (bicyclic) bond motifs is 1. The highest BCUT2D eigenvalue weighted by Gasteiger charge is 2.16. The SMILES string of the molecule is COc1cc(-c2nc3sc(-c4ccccc4)cc3c(=O)[nH]2)cc(Br)c1OCc1cccc(C)c1. The fraction of sp³-hybridized carbons (Fsp3) is 0.111. The van der Waals surface area contributed by atoms with Gasteiger partial charge in [-0.15, -0.1) is 11.3 Å². The van der Waals surface area contributed by atoms with E-state index in [4.69, 9.17) is 14.5 Å². The fourth-order valence-corrected chi connectivity index (χ4v) is 5.36. The summed E-state index contributed by atoms with van der Waals surface area (Å²) in [6.07, 6.45) is 0. The lowest BCUT2D eigenvalue weighted by Crippen LogP contribution is -2.08. The predicted molar refractivity (Wildman–Crippen MR) is 141 cm³/mol. The Hall–Kier alpha value is -3.42. The minimum absolute atomic E-state index is 0.173. The fourth-order valence-electron chi connectivity index (χ4n) is 3.77. The highest BCUT2D eigenvalue weighted by Crippen LogP contribution is 2.40. The smallest absolute Gasteiger partial charge is 0.259 e. The second-order valence-corrected chi connectivity index (χ2v) is 9.76. The Morgan fingerprint density at radius 1 is 1.00 bits per heavy atom. The van der Waals surface area contributed by atoms with Gasteiger partial charge in [-0.3, -0.25) is 4.79 Å². The lowest BCUT2D eigenvalue weighted by Gasteiger charge is -2.14. The van der Waals surface area contributed by atoms with Crippen LogP contribution in [0.4, 0.5) is 0 Å². The quantitative estimate of drug-likeness (QED) is 0.256. The maximum Gasteiger partial charge on any atom is 0.259 e. The van der Waals surface area contributed by atoms with Crippen LogP contribution in [0.2, 0.25) is 0 Å². The first-order chi connectivity index (χ1) is 16.5. The molecule has 3 aromatic carbocycles. The molecule has 170 valence electrons. The summed E-state index contributed by atoms with van der Waals surface area (Å²) >= 11 is 5.10. The van der Waals surface area contributed by atoms with Crippen LogP contribution in [0.15, 0.2) is 82.1 Å². The average molecular weight is 533 g/mol. The lowest BCUT2D eigenvalue weighted by molar-refractivity contribution is 0.282. The highest BCUT2D eigenvalue weighted by molar-refractivity contribution is 9.10. The molecule has 7 heteroatoms. The maximum atomic E-state index is 12.9. The molecule has 1 N–H and O–H groups in total. The number of aryl methyl sites for hydroxylation is 1. The molecule has 0 amide bonds. The van der Waals surface area contributed by atoms with Crippen molar-refractivity contribution >= 4 is 37.5 Å². The second kappa shape index (κ2) is 9.44. The number of ether oxygens (including phenoxy) is 2. The van der Waals surface area contributed by atoms with Crippen molar-refractivity contribution in [3.63, 3.8) is 0 Å². The molecule has 0 spiro atoms.